The van der Waals surface area contributed by atoms with Gasteiger partial charge in [-0.05, 0) is 68.7 Å². The first-order valence-electron chi connectivity index (χ1n) is 11.7. The van der Waals surface area contributed by atoms with Crippen LogP contribution in [0.5, 0.6) is 0 Å². The van der Waals surface area contributed by atoms with E-state index in [0.717, 1.165) is 51.8 Å². The van der Waals surface area contributed by atoms with Gasteiger partial charge in [-0.15, -0.1) is 22.1 Å². The molecule has 0 aromatic carbocycles. The first kappa shape index (κ1) is 23.3. The van der Waals surface area contributed by atoms with Gasteiger partial charge in [0.15, 0.2) is 0 Å². The van der Waals surface area contributed by atoms with Crippen molar-refractivity contribution >= 4 is 52.3 Å². The van der Waals surface area contributed by atoms with Gasteiger partial charge in [0.05, 0.1) is 22.8 Å². The fourth-order valence-electron chi connectivity index (χ4n) is 4.58. The second kappa shape index (κ2) is 9.33. The fraction of sp³-hybridized carbons (Fsp3) is 0.250. The van der Waals surface area contributed by atoms with Crippen LogP contribution in [0.25, 0.3) is 46.4 Å². The number of carbonyl (C=O) groups is 1. The van der Waals surface area contributed by atoms with Crippen molar-refractivity contribution in [3.63, 3.8) is 0 Å². The number of fused-ring (bicyclic) bond motifs is 8. The second-order valence-corrected chi connectivity index (χ2v) is 9.18. The Morgan fingerprint density at radius 1 is 0.771 bits per heavy atom. The molecule has 6 nitrogen and oxygen atoms in total. The van der Waals surface area contributed by atoms with E-state index in [1.54, 1.807) is 0 Å². The molecule has 0 unspecified atom stereocenters. The number of carboxylic acids is 1. The Labute approximate surface area is 213 Å². The standard InChI is InChI=1S/C26H20N4.C2H4O2.Mn/c1-2-15(1)25-21-9-5-17(27-21)13-19-7-11-23(29-19)26(16-3-4-16)24-12-8-20(30-24)14-18-6-10-22(25)28-18;1-2(3)4;/h5-16H,1-4H2;1H3,(H,3,4);/q-2;;+3/p-1. The van der Waals surface area contributed by atoms with E-state index < -0.39 is 5.97 Å². The summed E-state index contributed by atoms with van der Waals surface area (Å²) in [7, 11) is 0. The Hall–Kier alpha value is -3.41. The largest absolute Gasteiger partial charge is 3.00 e. The van der Waals surface area contributed by atoms with Gasteiger partial charge in [0.2, 0.25) is 0 Å². The predicted octanol–water partition coefficient (Wildman–Crippen LogP) is 4.42. The molecule has 4 aliphatic rings. The molecule has 2 saturated carbocycles. The van der Waals surface area contributed by atoms with Crippen LogP contribution >= 0.6 is 0 Å². The Morgan fingerprint density at radius 2 is 1.20 bits per heavy atom. The fourth-order valence-corrected chi connectivity index (χ4v) is 4.58. The molecule has 7 rings (SSSR count). The molecule has 3 aromatic rings. The molecule has 174 valence electrons. The molecule has 2 aliphatic carbocycles. The van der Waals surface area contributed by atoms with Crippen LogP contribution < -0.4 is 15.1 Å². The molecular weight excluding hydrogens is 479 g/mol. The van der Waals surface area contributed by atoms with E-state index in [-0.39, 0.29) is 17.1 Å². The molecule has 0 atom stereocenters. The van der Waals surface area contributed by atoms with Crippen molar-refractivity contribution in [1.82, 2.24) is 19.9 Å². The zero-order valence-corrected chi connectivity index (χ0v) is 20.4. The van der Waals surface area contributed by atoms with Crippen LogP contribution in [0.1, 0.15) is 78.3 Å². The summed E-state index contributed by atoms with van der Waals surface area (Å²) in [5.74, 6) is 0.0507. The van der Waals surface area contributed by atoms with E-state index in [2.05, 4.69) is 60.7 Å². The van der Waals surface area contributed by atoms with Crippen LogP contribution in [0, 0.1) is 0 Å². The summed E-state index contributed by atoms with van der Waals surface area (Å²) in [6.45, 7) is 0.972. The van der Waals surface area contributed by atoms with Gasteiger partial charge >= 0.3 is 17.1 Å². The van der Waals surface area contributed by atoms with E-state index in [4.69, 9.17) is 29.8 Å². The third kappa shape index (κ3) is 5.02. The first-order valence-corrected chi connectivity index (χ1v) is 11.7. The molecule has 0 radical (unpaired) electrons. The SMILES string of the molecule is C1=Cc2nc1cc1ccc([n-]1)c(C1CC1)c1ccc(cc3nc(c2C2CC2)C=C3)[n-]1.CC(=O)[O-].[Mn+3]. The minimum absolute atomic E-state index is 0. The van der Waals surface area contributed by atoms with Gasteiger partial charge < -0.3 is 19.9 Å². The van der Waals surface area contributed by atoms with E-state index >= 15 is 0 Å². The van der Waals surface area contributed by atoms with Crippen LogP contribution in [0.2, 0.25) is 0 Å². The van der Waals surface area contributed by atoms with Gasteiger partial charge in [0.25, 0.3) is 0 Å². The molecule has 0 spiro atoms. The smallest absolute Gasteiger partial charge is 0.658 e. The number of nitrogens with zero attached hydrogens (tertiary/aromatic N) is 4. The van der Waals surface area contributed by atoms with Gasteiger partial charge in [-0.3, -0.25) is 0 Å². The molecule has 35 heavy (non-hydrogen) atoms. The molecule has 2 aliphatic heterocycles. The topological polar surface area (TPSA) is 94.1 Å². The predicted molar refractivity (Wildman–Crippen MR) is 131 cm³/mol. The van der Waals surface area contributed by atoms with E-state index in [9.17, 15) is 0 Å². The summed E-state index contributed by atoms with van der Waals surface area (Å²) >= 11 is 0. The molecule has 0 amide bonds. The number of carboxylic acid groups (broad SMARTS) is 1. The maximum atomic E-state index is 8.89. The quantitative estimate of drug-likeness (QED) is 0.332. The van der Waals surface area contributed by atoms with E-state index in [0.29, 0.717) is 11.8 Å². The summed E-state index contributed by atoms with van der Waals surface area (Å²) in [6, 6.07) is 12.6. The number of carbonyl (C=O) groups excluding carboxylic acids is 1. The first-order chi connectivity index (χ1) is 16.5. The van der Waals surface area contributed by atoms with Crippen LogP contribution in [-0.2, 0) is 21.9 Å². The van der Waals surface area contributed by atoms with Crippen molar-refractivity contribution in [2.75, 3.05) is 0 Å². The monoisotopic (exact) mass is 502 g/mol. The molecule has 0 saturated heterocycles. The Balaban J connectivity index is 0.000000474. The number of rotatable bonds is 2. The average Bonchev–Trinajstić information content (AvgIpc) is 3.56. The van der Waals surface area contributed by atoms with Crippen molar-refractivity contribution in [2.24, 2.45) is 0 Å². The summed E-state index contributed by atoms with van der Waals surface area (Å²) in [6.07, 6.45) is 13.3. The van der Waals surface area contributed by atoms with Crippen LogP contribution in [0.4, 0.5) is 0 Å². The van der Waals surface area contributed by atoms with Crippen molar-refractivity contribution in [3.8, 4) is 0 Å². The normalized spacial score (nSPS) is 15.8. The van der Waals surface area contributed by atoms with Crippen LogP contribution in [-0.4, -0.2) is 15.9 Å². The van der Waals surface area contributed by atoms with Gasteiger partial charge in [-0.1, -0.05) is 42.0 Å². The average molecular weight is 502 g/mol. The summed E-state index contributed by atoms with van der Waals surface area (Å²) in [5, 5.41) is 8.89. The van der Waals surface area contributed by atoms with Crippen molar-refractivity contribution in [2.45, 2.75) is 44.4 Å². The maximum Gasteiger partial charge on any atom is 3.00 e. The van der Waals surface area contributed by atoms with E-state index in [1.165, 1.54) is 36.8 Å². The molecule has 0 N–H and O–H groups in total. The summed E-state index contributed by atoms with van der Waals surface area (Å²) in [4.78, 5) is 28.6. The maximum absolute atomic E-state index is 8.89. The van der Waals surface area contributed by atoms with Gasteiger partial charge in [-0.25, -0.2) is 9.97 Å². The molecule has 2 fully saturated rings. The third-order valence-electron chi connectivity index (χ3n) is 6.31. The Bertz CT molecular complexity index is 1420. The molecule has 8 bridgehead atoms. The molecule has 7 heteroatoms. The van der Waals surface area contributed by atoms with Crippen LogP contribution in [0.3, 0.4) is 0 Å². The van der Waals surface area contributed by atoms with E-state index in [1.807, 2.05) is 0 Å². The number of aromatic nitrogens is 4. The number of hydrogen-bond acceptors (Lipinski definition) is 4. The summed E-state index contributed by atoms with van der Waals surface area (Å²) < 4.78 is 0. The minimum atomic E-state index is -1.08. The minimum Gasteiger partial charge on any atom is -0.658 e. The van der Waals surface area contributed by atoms with Crippen molar-refractivity contribution < 1.29 is 27.0 Å². The van der Waals surface area contributed by atoms with Crippen molar-refractivity contribution in [1.29, 1.82) is 0 Å². The molecule has 5 heterocycles. The molecule has 3 aromatic heterocycles. The summed E-state index contributed by atoms with van der Waals surface area (Å²) in [5.41, 5.74) is 10.6. The van der Waals surface area contributed by atoms with Gasteiger partial charge in [0, 0.05) is 11.5 Å². The Morgan fingerprint density at radius 3 is 1.63 bits per heavy atom. The number of hydrogen-bond donors (Lipinski definition) is 0. The van der Waals surface area contributed by atoms with Gasteiger partial charge in [-0.2, -0.15) is 0 Å². The second-order valence-electron chi connectivity index (χ2n) is 9.18. The number of aliphatic carboxylic acids is 1. The zero-order chi connectivity index (χ0) is 23.2. The van der Waals surface area contributed by atoms with Crippen LogP contribution in [0.15, 0.2) is 36.4 Å². The zero-order valence-electron chi connectivity index (χ0n) is 19.2. The van der Waals surface area contributed by atoms with Crippen molar-refractivity contribution in [3.05, 3.63) is 70.3 Å². The van der Waals surface area contributed by atoms with Gasteiger partial charge in [0.1, 0.15) is 0 Å². The third-order valence-corrected chi connectivity index (χ3v) is 6.31. The Kier molecular flexibility index (Phi) is 6.22. The molecular formula is C28H23MnN4O2.